The van der Waals surface area contributed by atoms with Gasteiger partial charge in [-0.15, -0.1) is 10.2 Å². The molecule has 1 aromatic heterocycles. The van der Waals surface area contributed by atoms with E-state index in [0.717, 1.165) is 5.56 Å². The maximum Gasteiger partial charge on any atom is 0.204 e. The second-order valence-corrected chi connectivity index (χ2v) is 2.10. The van der Waals surface area contributed by atoms with Crippen LogP contribution < -0.4 is 0 Å². The SMILES string of the molecule is CC.[HH].c1ccc(-c2nn[nH]n2)cc1. The lowest BCUT2D eigenvalue weighted by molar-refractivity contribution is 0.881. The van der Waals surface area contributed by atoms with E-state index in [2.05, 4.69) is 20.6 Å². The molecule has 0 bridgehead atoms. The molecule has 2 aromatic rings. The lowest BCUT2D eigenvalue weighted by Crippen LogP contribution is -1.78. The molecule has 0 fully saturated rings. The highest BCUT2D eigenvalue weighted by Crippen LogP contribution is 2.10. The van der Waals surface area contributed by atoms with Gasteiger partial charge in [-0.05, 0) is 5.21 Å². The largest absolute Gasteiger partial charge is 0.204 e. The van der Waals surface area contributed by atoms with E-state index in [-0.39, 0.29) is 1.43 Å². The van der Waals surface area contributed by atoms with Crippen LogP contribution in [0.5, 0.6) is 0 Å². The van der Waals surface area contributed by atoms with Gasteiger partial charge >= 0.3 is 0 Å². The van der Waals surface area contributed by atoms with Crippen LogP contribution in [0, 0.1) is 0 Å². The number of hydrogen-bond donors (Lipinski definition) is 1. The standard InChI is InChI=1S/C7H6N4.C2H6.H2/c1-2-4-6(5-3-1)7-8-10-11-9-7;1-2;/h1-5H,(H,8,9,10,11);1-2H3;1H. The Morgan fingerprint density at radius 1 is 1.15 bits per heavy atom. The maximum absolute atomic E-state index is 3.84. The van der Waals surface area contributed by atoms with Crippen LogP contribution in [-0.2, 0) is 0 Å². The van der Waals surface area contributed by atoms with E-state index < -0.39 is 0 Å². The topological polar surface area (TPSA) is 54.5 Å². The third kappa shape index (κ3) is 2.37. The average molecular weight is 178 g/mol. The molecule has 1 aromatic carbocycles. The molecule has 0 radical (unpaired) electrons. The van der Waals surface area contributed by atoms with Crippen LogP contribution in [0.3, 0.4) is 0 Å². The van der Waals surface area contributed by atoms with Gasteiger partial charge in [-0.25, -0.2) is 0 Å². The first kappa shape index (κ1) is 9.38. The zero-order valence-electron chi connectivity index (χ0n) is 7.73. The van der Waals surface area contributed by atoms with Crippen molar-refractivity contribution in [3.05, 3.63) is 30.3 Å². The summed E-state index contributed by atoms with van der Waals surface area (Å²) in [6, 6.07) is 9.69. The minimum Gasteiger partial charge on any atom is -0.177 e. The molecule has 0 unspecified atom stereocenters. The second-order valence-electron chi connectivity index (χ2n) is 2.10. The summed E-state index contributed by atoms with van der Waals surface area (Å²) < 4.78 is 0. The minimum atomic E-state index is 0. The number of nitrogens with one attached hydrogen (secondary N) is 1. The van der Waals surface area contributed by atoms with E-state index in [9.17, 15) is 0 Å². The number of hydrogen-bond acceptors (Lipinski definition) is 3. The molecule has 0 amide bonds. The van der Waals surface area contributed by atoms with E-state index in [1.807, 2.05) is 44.2 Å². The van der Waals surface area contributed by atoms with Gasteiger partial charge in [0.05, 0.1) is 0 Å². The zero-order valence-corrected chi connectivity index (χ0v) is 7.73. The molecule has 0 aliphatic heterocycles. The van der Waals surface area contributed by atoms with Gasteiger partial charge in [-0.3, -0.25) is 0 Å². The van der Waals surface area contributed by atoms with Gasteiger partial charge in [0.15, 0.2) is 0 Å². The summed E-state index contributed by atoms with van der Waals surface area (Å²) >= 11 is 0. The number of tetrazole rings is 1. The van der Waals surface area contributed by atoms with E-state index in [4.69, 9.17) is 0 Å². The lowest BCUT2D eigenvalue weighted by atomic mass is 10.2. The Bertz CT molecular complexity index is 320. The minimum absolute atomic E-state index is 0. The average Bonchev–Trinajstić information content (AvgIpc) is 2.75. The van der Waals surface area contributed by atoms with Crippen molar-refractivity contribution in [3.63, 3.8) is 0 Å². The normalized spacial score (nSPS) is 8.77. The number of rotatable bonds is 1. The summed E-state index contributed by atoms with van der Waals surface area (Å²) in [6.07, 6.45) is 0. The zero-order chi connectivity index (χ0) is 9.52. The van der Waals surface area contributed by atoms with Crippen LogP contribution in [0.4, 0.5) is 0 Å². The molecule has 1 heterocycles. The Morgan fingerprint density at radius 3 is 2.38 bits per heavy atom. The summed E-state index contributed by atoms with van der Waals surface area (Å²) in [7, 11) is 0. The van der Waals surface area contributed by atoms with Crippen LogP contribution in [-0.4, -0.2) is 20.6 Å². The fourth-order valence-electron chi connectivity index (χ4n) is 0.871. The molecule has 4 heteroatoms. The predicted octanol–water partition coefficient (Wildman–Crippen LogP) is 2.14. The molecule has 0 atom stereocenters. The van der Waals surface area contributed by atoms with Crippen molar-refractivity contribution in [1.29, 1.82) is 0 Å². The number of aromatic amines is 1. The van der Waals surface area contributed by atoms with E-state index in [1.165, 1.54) is 0 Å². The highest BCUT2D eigenvalue weighted by molar-refractivity contribution is 5.52. The first-order valence-electron chi connectivity index (χ1n) is 4.26. The quantitative estimate of drug-likeness (QED) is 0.727. The Kier molecular flexibility index (Phi) is 3.63. The molecule has 1 N–H and O–H groups in total. The van der Waals surface area contributed by atoms with Crippen molar-refractivity contribution in [2.45, 2.75) is 13.8 Å². The van der Waals surface area contributed by atoms with Gasteiger partial charge in [-0.2, -0.15) is 5.21 Å². The van der Waals surface area contributed by atoms with Crippen molar-refractivity contribution in [1.82, 2.24) is 20.6 Å². The van der Waals surface area contributed by atoms with Crippen molar-refractivity contribution in [2.75, 3.05) is 0 Å². The molecule has 2 rings (SSSR count). The van der Waals surface area contributed by atoms with Crippen molar-refractivity contribution >= 4 is 0 Å². The molecule has 0 aliphatic rings. The van der Waals surface area contributed by atoms with Crippen LogP contribution in [0.1, 0.15) is 15.3 Å². The summed E-state index contributed by atoms with van der Waals surface area (Å²) in [6.45, 7) is 4.00. The molecular formula is C9H14N4. The Hall–Kier alpha value is -1.71. The van der Waals surface area contributed by atoms with Crippen molar-refractivity contribution in [2.24, 2.45) is 0 Å². The van der Waals surface area contributed by atoms with Gasteiger partial charge in [0.2, 0.25) is 5.82 Å². The van der Waals surface area contributed by atoms with Gasteiger partial charge in [0, 0.05) is 6.99 Å². The van der Waals surface area contributed by atoms with Gasteiger partial charge in [0.25, 0.3) is 0 Å². The van der Waals surface area contributed by atoms with Crippen LogP contribution >= 0.6 is 0 Å². The molecule has 4 nitrogen and oxygen atoms in total. The number of H-pyrrole nitrogens is 1. The maximum atomic E-state index is 3.84. The van der Waals surface area contributed by atoms with Gasteiger partial charge < -0.3 is 0 Å². The van der Waals surface area contributed by atoms with Crippen molar-refractivity contribution < 1.29 is 1.43 Å². The molecule has 0 saturated heterocycles. The monoisotopic (exact) mass is 178 g/mol. The summed E-state index contributed by atoms with van der Waals surface area (Å²) in [5, 5.41) is 13.5. The van der Waals surface area contributed by atoms with Crippen LogP contribution in [0.25, 0.3) is 11.4 Å². The molecule has 70 valence electrons. The van der Waals surface area contributed by atoms with Crippen LogP contribution in [0.15, 0.2) is 30.3 Å². The smallest absolute Gasteiger partial charge is 0.177 e. The molecular weight excluding hydrogens is 164 g/mol. The third-order valence-corrected chi connectivity index (χ3v) is 1.38. The molecule has 0 spiro atoms. The Balaban J connectivity index is 0.000000531. The van der Waals surface area contributed by atoms with Gasteiger partial charge in [0.1, 0.15) is 0 Å². The third-order valence-electron chi connectivity index (χ3n) is 1.38. The molecule has 0 aliphatic carbocycles. The Morgan fingerprint density at radius 2 is 1.85 bits per heavy atom. The molecule has 0 saturated carbocycles. The first-order valence-corrected chi connectivity index (χ1v) is 4.26. The number of benzene rings is 1. The van der Waals surface area contributed by atoms with E-state index in [0.29, 0.717) is 5.82 Å². The summed E-state index contributed by atoms with van der Waals surface area (Å²) in [5.74, 6) is 0.630. The van der Waals surface area contributed by atoms with E-state index >= 15 is 0 Å². The lowest BCUT2D eigenvalue weighted by Gasteiger charge is -1.89. The van der Waals surface area contributed by atoms with Crippen LogP contribution in [0.2, 0.25) is 0 Å². The summed E-state index contributed by atoms with van der Waals surface area (Å²) in [4.78, 5) is 0. The summed E-state index contributed by atoms with van der Waals surface area (Å²) in [5.41, 5.74) is 0.973. The first-order chi connectivity index (χ1) is 6.47. The highest BCUT2D eigenvalue weighted by atomic mass is 15.5. The number of nitrogens with zero attached hydrogens (tertiary/aromatic N) is 3. The highest BCUT2D eigenvalue weighted by Gasteiger charge is 1.98. The Labute approximate surface area is 78.5 Å². The predicted molar refractivity (Wildman–Crippen MR) is 53.1 cm³/mol. The molecule has 13 heavy (non-hydrogen) atoms. The number of aromatic nitrogens is 4. The fourth-order valence-corrected chi connectivity index (χ4v) is 0.871. The fraction of sp³-hybridized carbons (Fsp3) is 0.222. The van der Waals surface area contributed by atoms with Crippen molar-refractivity contribution in [3.8, 4) is 11.4 Å². The second kappa shape index (κ2) is 5.03. The van der Waals surface area contributed by atoms with E-state index in [1.54, 1.807) is 0 Å². The van der Waals surface area contributed by atoms with Gasteiger partial charge in [-0.1, -0.05) is 44.2 Å².